The Hall–Kier alpha value is -0.520. The zero-order valence-corrected chi connectivity index (χ0v) is 7.77. The molecule has 0 spiro atoms. The van der Waals surface area contributed by atoms with Crippen LogP contribution in [0.25, 0.3) is 0 Å². The molecule has 0 nitrogen and oxygen atoms in total. The van der Waals surface area contributed by atoms with Crippen molar-refractivity contribution in [3.8, 4) is 0 Å². The van der Waals surface area contributed by atoms with Crippen molar-refractivity contribution in [1.82, 2.24) is 0 Å². The monoisotopic (exact) mass is 160 g/mol. The molecule has 12 heavy (non-hydrogen) atoms. The van der Waals surface area contributed by atoms with Gasteiger partial charge in [0, 0.05) is 0 Å². The highest BCUT2D eigenvalue weighted by atomic mass is 14.4. The fraction of sp³-hybridized carbons (Fsp3) is 0.667. The Bertz CT molecular complexity index is 280. The molecule has 0 bridgehead atoms. The van der Waals surface area contributed by atoms with Crippen LogP contribution in [0.5, 0.6) is 0 Å². The van der Waals surface area contributed by atoms with Crippen LogP contribution in [0.15, 0.2) is 22.8 Å². The summed E-state index contributed by atoms with van der Waals surface area (Å²) in [5, 5.41) is 0. The fourth-order valence-electron chi connectivity index (χ4n) is 2.46. The minimum atomic E-state index is 0.914. The predicted octanol–water partition coefficient (Wildman–Crippen LogP) is 3.45. The SMILES string of the molecule is CC1CC1=CC1=C2CC2CCC1. The second kappa shape index (κ2) is 2.25. The summed E-state index contributed by atoms with van der Waals surface area (Å²) < 4.78 is 0. The average Bonchev–Trinajstić information content (AvgIpc) is 2.89. The van der Waals surface area contributed by atoms with Crippen molar-refractivity contribution in [3.05, 3.63) is 22.8 Å². The summed E-state index contributed by atoms with van der Waals surface area (Å²) >= 11 is 0. The van der Waals surface area contributed by atoms with Gasteiger partial charge in [0.25, 0.3) is 0 Å². The van der Waals surface area contributed by atoms with E-state index >= 15 is 0 Å². The lowest BCUT2D eigenvalue weighted by Crippen LogP contribution is -1.89. The number of hydrogen-bond donors (Lipinski definition) is 0. The third-order valence-electron chi connectivity index (χ3n) is 3.58. The van der Waals surface area contributed by atoms with Crippen molar-refractivity contribution in [2.24, 2.45) is 11.8 Å². The van der Waals surface area contributed by atoms with E-state index in [0.29, 0.717) is 0 Å². The molecule has 0 amide bonds. The molecule has 0 aromatic rings. The van der Waals surface area contributed by atoms with Gasteiger partial charge >= 0.3 is 0 Å². The van der Waals surface area contributed by atoms with Gasteiger partial charge in [-0.25, -0.2) is 0 Å². The highest BCUT2D eigenvalue weighted by Crippen LogP contribution is 2.50. The zero-order valence-electron chi connectivity index (χ0n) is 7.77. The van der Waals surface area contributed by atoms with E-state index in [-0.39, 0.29) is 0 Å². The van der Waals surface area contributed by atoms with Crippen LogP contribution in [0.4, 0.5) is 0 Å². The summed E-state index contributed by atoms with van der Waals surface area (Å²) in [6.45, 7) is 2.34. The highest BCUT2D eigenvalue weighted by Gasteiger charge is 2.35. The first-order chi connectivity index (χ1) is 5.84. The molecule has 64 valence electrons. The van der Waals surface area contributed by atoms with Crippen LogP contribution in [0, 0.1) is 11.8 Å². The molecule has 0 heteroatoms. The lowest BCUT2D eigenvalue weighted by Gasteiger charge is -2.06. The Morgan fingerprint density at radius 3 is 2.92 bits per heavy atom. The summed E-state index contributed by atoms with van der Waals surface area (Å²) in [5.74, 6) is 1.94. The summed E-state index contributed by atoms with van der Waals surface area (Å²) in [7, 11) is 0. The zero-order chi connectivity index (χ0) is 8.13. The maximum absolute atomic E-state index is 2.51. The standard InChI is InChI=1S/C12H16/c1-8-5-11(8)6-9-3-2-4-10-7-12(9)10/h6,8,10H,2-5,7H2,1H3. The van der Waals surface area contributed by atoms with Crippen molar-refractivity contribution in [2.45, 2.75) is 39.0 Å². The number of hydrogen-bond acceptors (Lipinski definition) is 0. The Labute approximate surface area is 74.4 Å². The van der Waals surface area contributed by atoms with Crippen LogP contribution in [0.2, 0.25) is 0 Å². The minimum Gasteiger partial charge on any atom is -0.0662 e. The van der Waals surface area contributed by atoms with Gasteiger partial charge in [0.2, 0.25) is 0 Å². The molecule has 0 heterocycles. The molecule has 0 N–H and O–H groups in total. The fourth-order valence-corrected chi connectivity index (χ4v) is 2.46. The van der Waals surface area contributed by atoms with E-state index in [1.165, 1.54) is 32.1 Å². The molecule has 0 radical (unpaired) electrons. The van der Waals surface area contributed by atoms with Gasteiger partial charge in [-0.15, -0.1) is 0 Å². The van der Waals surface area contributed by atoms with Gasteiger partial charge in [-0.05, 0) is 49.5 Å². The average molecular weight is 160 g/mol. The van der Waals surface area contributed by atoms with Crippen molar-refractivity contribution in [2.75, 3.05) is 0 Å². The van der Waals surface area contributed by atoms with Crippen molar-refractivity contribution >= 4 is 0 Å². The van der Waals surface area contributed by atoms with Crippen molar-refractivity contribution in [3.63, 3.8) is 0 Å². The van der Waals surface area contributed by atoms with E-state index < -0.39 is 0 Å². The lowest BCUT2D eigenvalue weighted by molar-refractivity contribution is 0.660. The molecule has 3 aliphatic carbocycles. The van der Waals surface area contributed by atoms with Gasteiger partial charge in [0.1, 0.15) is 0 Å². The van der Waals surface area contributed by atoms with Crippen molar-refractivity contribution < 1.29 is 0 Å². The summed E-state index contributed by atoms with van der Waals surface area (Å²) in [4.78, 5) is 0. The topological polar surface area (TPSA) is 0 Å². The molecule has 2 saturated carbocycles. The quantitative estimate of drug-likeness (QED) is 0.551. The summed E-state index contributed by atoms with van der Waals surface area (Å²) in [6.07, 6.45) is 9.63. The summed E-state index contributed by atoms with van der Waals surface area (Å²) in [5.41, 5.74) is 5.25. The van der Waals surface area contributed by atoms with Gasteiger partial charge in [0.15, 0.2) is 0 Å². The molecule has 0 aromatic heterocycles. The highest BCUT2D eigenvalue weighted by molar-refractivity contribution is 5.43. The second-order valence-corrected chi connectivity index (χ2v) is 4.67. The Kier molecular flexibility index (Phi) is 1.30. The van der Waals surface area contributed by atoms with Gasteiger partial charge in [-0.3, -0.25) is 0 Å². The smallest absolute Gasteiger partial charge is 0.0159 e. The molecule has 0 saturated heterocycles. The van der Waals surface area contributed by atoms with Crippen LogP contribution in [-0.4, -0.2) is 0 Å². The molecule has 2 fully saturated rings. The lowest BCUT2D eigenvalue weighted by atomic mass is 9.99. The Balaban J connectivity index is 1.84. The molecule has 3 aliphatic rings. The maximum Gasteiger partial charge on any atom is -0.0159 e. The molecule has 0 aromatic carbocycles. The largest absolute Gasteiger partial charge is 0.0662 e. The van der Waals surface area contributed by atoms with Crippen molar-refractivity contribution in [1.29, 1.82) is 0 Å². The van der Waals surface area contributed by atoms with E-state index in [2.05, 4.69) is 13.0 Å². The normalized spacial score (nSPS) is 41.6. The number of fused-ring (bicyclic) bond motifs is 1. The van der Waals surface area contributed by atoms with Crippen LogP contribution in [-0.2, 0) is 0 Å². The van der Waals surface area contributed by atoms with Crippen LogP contribution < -0.4 is 0 Å². The molecule has 3 rings (SSSR count). The van der Waals surface area contributed by atoms with Crippen LogP contribution in [0.1, 0.15) is 39.0 Å². The third-order valence-corrected chi connectivity index (χ3v) is 3.58. The van der Waals surface area contributed by atoms with Crippen LogP contribution in [0.3, 0.4) is 0 Å². The molecular weight excluding hydrogens is 144 g/mol. The maximum atomic E-state index is 2.51. The van der Waals surface area contributed by atoms with E-state index in [1.807, 2.05) is 5.57 Å². The van der Waals surface area contributed by atoms with Gasteiger partial charge in [0.05, 0.1) is 0 Å². The number of allylic oxidation sites excluding steroid dienone is 4. The summed E-state index contributed by atoms with van der Waals surface area (Å²) in [6, 6.07) is 0. The first-order valence-corrected chi connectivity index (χ1v) is 5.27. The molecular formula is C12H16. The second-order valence-electron chi connectivity index (χ2n) is 4.67. The van der Waals surface area contributed by atoms with E-state index in [0.717, 1.165) is 11.8 Å². The predicted molar refractivity (Wildman–Crippen MR) is 50.8 cm³/mol. The molecule has 2 unspecified atom stereocenters. The van der Waals surface area contributed by atoms with Gasteiger partial charge in [-0.2, -0.15) is 0 Å². The van der Waals surface area contributed by atoms with Gasteiger partial charge in [-0.1, -0.05) is 24.1 Å². The van der Waals surface area contributed by atoms with E-state index in [1.54, 1.807) is 11.1 Å². The van der Waals surface area contributed by atoms with Gasteiger partial charge < -0.3 is 0 Å². The molecule has 2 atom stereocenters. The van der Waals surface area contributed by atoms with E-state index in [4.69, 9.17) is 0 Å². The molecule has 0 aliphatic heterocycles. The Morgan fingerprint density at radius 1 is 1.33 bits per heavy atom. The minimum absolute atomic E-state index is 0.914. The first kappa shape index (κ1) is 6.94. The number of rotatable bonds is 1. The first-order valence-electron chi connectivity index (χ1n) is 5.27. The third kappa shape index (κ3) is 1.05. The van der Waals surface area contributed by atoms with Crippen LogP contribution >= 0.6 is 0 Å². The van der Waals surface area contributed by atoms with E-state index in [9.17, 15) is 0 Å². The Morgan fingerprint density at radius 2 is 2.17 bits per heavy atom.